The van der Waals surface area contributed by atoms with Gasteiger partial charge >= 0.3 is 0 Å². The number of hydrogen-bond donors (Lipinski definition) is 1. The highest BCUT2D eigenvalue weighted by Crippen LogP contribution is 2.27. The van der Waals surface area contributed by atoms with Gasteiger partial charge in [0, 0.05) is 61.3 Å². The highest BCUT2D eigenvalue weighted by Gasteiger charge is 2.20. The third kappa shape index (κ3) is 5.94. The average molecular weight is 515 g/mol. The lowest BCUT2D eigenvalue weighted by Gasteiger charge is -2.35. The van der Waals surface area contributed by atoms with E-state index in [0.717, 1.165) is 75.0 Å². The summed E-state index contributed by atoms with van der Waals surface area (Å²) in [6.45, 7) is 7.52. The summed E-state index contributed by atoms with van der Waals surface area (Å²) in [7, 11) is 0. The Labute approximate surface area is 212 Å². The molecule has 9 heteroatoms. The Balaban J connectivity index is 1.05. The minimum absolute atomic E-state index is 0.279. The largest absolute Gasteiger partial charge is 0.491 e. The summed E-state index contributed by atoms with van der Waals surface area (Å²) >= 11 is 9.33. The Bertz CT molecular complexity index is 1240. The second-order valence-corrected chi connectivity index (χ2v) is 11.1. The lowest BCUT2D eigenvalue weighted by Crippen LogP contribution is -2.48. The van der Waals surface area contributed by atoms with Crippen molar-refractivity contribution in [1.82, 2.24) is 19.8 Å². The zero-order chi connectivity index (χ0) is 23.5. The van der Waals surface area contributed by atoms with Crippen molar-refractivity contribution in [3.63, 3.8) is 0 Å². The summed E-state index contributed by atoms with van der Waals surface area (Å²) in [6.07, 6.45) is -0.528. The molecule has 178 valence electrons. The summed E-state index contributed by atoms with van der Waals surface area (Å²) in [5, 5.41) is 15.4. The van der Waals surface area contributed by atoms with E-state index in [9.17, 15) is 5.11 Å². The molecule has 0 radical (unpaired) electrons. The minimum atomic E-state index is -0.528. The van der Waals surface area contributed by atoms with E-state index in [1.165, 1.54) is 0 Å². The molecular weight excluding hydrogens is 488 g/mol. The molecule has 1 N–H and O–H groups in total. The van der Waals surface area contributed by atoms with E-state index < -0.39 is 6.10 Å². The van der Waals surface area contributed by atoms with Crippen LogP contribution in [0.1, 0.15) is 10.7 Å². The van der Waals surface area contributed by atoms with E-state index in [0.29, 0.717) is 6.54 Å². The number of benzene rings is 2. The Morgan fingerprint density at radius 1 is 1.06 bits per heavy atom. The van der Waals surface area contributed by atoms with Gasteiger partial charge in [-0.3, -0.25) is 9.80 Å². The predicted molar refractivity (Wildman–Crippen MR) is 140 cm³/mol. The fraction of sp³-hybridized carbons (Fsp3) is 0.360. The Kier molecular flexibility index (Phi) is 7.43. The first kappa shape index (κ1) is 23.7. The van der Waals surface area contributed by atoms with Crippen LogP contribution in [-0.4, -0.2) is 70.3 Å². The average Bonchev–Trinajstić information content (AvgIpc) is 3.44. The molecule has 1 aliphatic rings. The molecule has 5 rings (SSSR count). The van der Waals surface area contributed by atoms with Crippen LogP contribution in [0.4, 0.5) is 0 Å². The van der Waals surface area contributed by atoms with Crippen molar-refractivity contribution in [2.24, 2.45) is 0 Å². The molecule has 1 aliphatic heterocycles. The molecule has 34 heavy (non-hydrogen) atoms. The van der Waals surface area contributed by atoms with Gasteiger partial charge in [0.2, 0.25) is 0 Å². The number of aryl methyl sites for hydroxylation is 1. The van der Waals surface area contributed by atoms with Crippen LogP contribution in [0.15, 0.2) is 47.8 Å². The highest BCUT2D eigenvalue weighted by molar-refractivity contribution is 7.18. The molecule has 3 heterocycles. The molecule has 4 aromatic rings. The standard InChI is InChI=1S/C25H27ClN4O2S2/c1-17-27-23-12-22(6-7-24(23)34-17)32-15-21(31)14-30-10-8-29(9-11-30)13-20-16-33-25(28-20)18-2-4-19(26)5-3-18/h2-7,12,16,21,31H,8-11,13-15H2,1H3/t21-/m1/s1. The molecule has 1 atom stereocenters. The third-order valence-electron chi connectivity index (χ3n) is 5.87. The van der Waals surface area contributed by atoms with Crippen molar-refractivity contribution in [2.45, 2.75) is 19.6 Å². The van der Waals surface area contributed by atoms with Gasteiger partial charge in [0.1, 0.15) is 23.5 Å². The van der Waals surface area contributed by atoms with Crippen LogP contribution in [0.2, 0.25) is 5.02 Å². The van der Waals surface area contributed by atoms with Gasteiger partial charge in [0.25, 0.3) is 0 Å². The van der Waals surface area contributed by atoms with Crippen LogP contribution in [-0.2, 0) is 6.54 Å². The number of aliphatic hydroxyl groups is 1. The van der Waals surface area contributed by atoms with E-state index in [-0.39, 0.29) is 6.61 Å². The Morgan fingerprint density at radius 3 is 2.62 bits per heavy atom. The zero-order valence-electron chi connectivity index (χ0n) is 19.0. The second-order valence-electron chi connectivity index (χ2n) is 8.55. The SMILES string of the molecule is Cc1nc2cc(OC[C@H](O)CN3CCN(Cc4csc(-c5ccc(Cl)cc5)n4)CC3)ccc2s1. The number of nitrogens with zero attached hydrogens (tertiary/aromatic N) is 4. The summed E-state index contributed by atoms with van der Waals surface area (Å²) in [6, 6.07) is 13.7. The number of thiazole rings is 2. The van der Waals surface area contributed by atoms with Gasteiger partial charge in [0.05, 0.1) is 20.9 Å². The molecule has 1 fully saturated rings. The van der Waals surface area contributed by atoms with Crippen LogP contribution in [0.25, 0.3) is 20.8 Å². The summed E-state index contributed by atoms with van der Waals surface area (Å²) in [5.74, 6) is 0.753. The fourth-order valence-corrected chi connectivity index (χ4v) is 5.87. The van der Waals surface area contributed by atoms with Gasteiger partial charge < -0.3 is 9.84 Å². The monoisotopic (exact) mass is 514 g/mol. The third-order valence-corrected chi connectivity index (χ3v) is 8.01. The molecule has 0 spiro atoms. The van der Waals surface area contributed by atoms with Crippen molar-refractivity contribution >= 4 is 44.5 Å². The van der Waals surface area contributed by atoms with E-state index in [1.807, 2.05) is 49.4 Å². The Hall–Kier alpha value is -2.07. The van der Waals surface area contributed by atoms with E-state index in [4.69, 9.17) is 21.3 Å². The molecule has 0 bridgehead atoms. The predicted octanol–water partition coefficient (Wildman–Crippen LogP) is 4.94. The highest BCUT2D eigenvalue weighted by atomic mass is 35.5. The Morgan fingerprint density at radius 2 is 1.82 bits per heavy atom. The maximum Gasteiger partial charge on any atom is 0.123 e. The van der Waals surface area contributed by atoms with E-state index >= 15 is 0 Å². The van der Waals surface area contributed by atoms with Crippen LogP contribution in [0.5, 0.6) is 5.75 Å². The van der Waals surface area contributed by atoms with Gasteiger partial charge in [0.15, 0.2) is 0 Å². The number of rotatable bonds is 8. The number of halogens is 1. The maximum absolute atomic E-state index is 10.5. The van der Waals surface area contributed by atoms with Crippen molar-refractivity contribution in [2.75, 3.05) is 39.3 Å². The number of aliphatic hydroxyl groups excluding tert-OH is 1. The molecule has 0 unspecified atom stereocenters. The molecular formula is C25H27ClN4O2S2. The lowest BCUT2D eigenvalue weighted by molar-refractivity contribution is 0.0444. The lowest BCUT2D eigenvalue weighted by atomic mass is 10.2. The van der Waals surface area contributed by atoms with Gasteiger partial charge in [-0.2, -0.15) is 0 Å². The number of aromatic nitrogens is 2. The van der Waals surface area contributed by atoms with Crippen LogP contribution in [0, 0.1) is 6.92 Å². The molecule has 0 aliphatic carbocycles. The smallest absolute Gasteiger partial charge is 0.123 e. The summed E-state index contributed by atoms with van der Waals surface area (Å²) in [5.41, 5.74) is 3.15. The van der Waals surface area contributed by atoms with Gasteiger partial charge in [-0.1, -0.05) is 23.7 Å². The van der Waals surface area contributed by atoms with Crippen LogP contribution in [0.3, 0.4) is 0 Å². The molecule has 0 amide bonds. The van der Waals surface area contributed by atoms with Crippen molar-refractivity contribution in [3.8, 4) is 16.3 Å². The fourth-order valence-electron chi connectivity index (χ4n) is 4.12. The van der Waals surface area contributed by atoms with E-state index in [2.05, 4.69) is 20.2 Å². The maximum atomic E-state index is 10.5. The minimum Gasteiger partial charge on any atom is -0.491 e. The summed E-state index contributed by atoms with van der Waals surface area (Å²) < 4.78 is 6.99. The molecule has 2 aromatic heterocycles. The molecule has 0 saturated carbocycles. The van der Waals surface area contributed by atoms with Gasteiger partial charge in [-0.05, 0) is 31.2 Å². The van der Waals surface area contributed by atoms with Gasteiger partial charge in [-0.25, -0.2) is 9.97 Å². The first-order chi connectivity index (χ1) is 16.5. The molecule has 6 nitrogen and oxygen atoms in total. The second kappa shape index (κ2) is 10.7. The molecule has 1 saturated heterocycles. The quantitative estimate of drug-likeness (QED) is 0.359. The number of β-amino-alcohol motifs (C(OH)–C–C–N with tert-alkyl or cyclic N) is 1. The van der Waals surface area contributed by atoms with Gasteiger partial charge in [-0.15, -0.1) is 22.7 Å². The number of ether oxygens (including phenoxy) is 1. The van der Waals surface area contributed by atoms with E-state index in [1.54, 1.807) is 22.7 Å². The first-order valence-corrected chi connectivity index (χ1v) is 13.4. The number of fused-ring (bicyclic) bond motifs is 1. The topological polar surface area (TPSA) is 61.7 Å². The first-order valence-electron chi connectivity index (χ1n) is 11.3. The molecule has 2 aromatic carbocycles. The summed E-state index contributed by atoms with van der Waals surface area (Å²) in [4.78, 5) is 14.0. The van der Waals surface area contributed by atoms with Crippen molar-refractivity contribution in [1.29, 1.82) is 0 Å². The normalized spacial score (nSPS) is 16.2. The van der Waals surface area contributed by atoms with Crippen LogP contribution >= 0.6 is 34.3 Å². The van der Waals surface area contributed by atoms with Crippen LogP contribution < -0.4 is 4.74 Å². The van der Waals surface area contributed by atoms with Crippen molar-refractivity contribution in [3.05, 3.63) is 63.6 Å². The number of piperazine rings is 1. The number of hydrogen-bond acceptors (Lipinski definition) is 8. The van der Waals surface area contributed by atoms with Crippen molar-refractivity contribution < 1.29 is 9.84 Å². The zero-order valence-corrected chi connectivity index (χ0v) is 21.4.